The molecule has 0 bridgehead atoms. The van der Waals surface area contributed by atoms with Crippen LogP contribution in [0, 0.1) is 0 Å². The predicted molar refractivity (Wildman–Crippen MR) is 54.7 cm³/mol. The van der Waals surface area contributed by atoms with E-state index in [9.17, 15) is 0 Å². The summed E-state index contributed by atoms with van der Waals surface area (Å²) in [5, 5.41) is 0. The average molecular weight is 170 g/mol. The van der Waals surface area contributed by atoms with Gasteiger partial charge in [-0.1, -0.05) is 31.9 Å². The van der Waals surface area contributed by atoms with Crippen LogP contribution in [0.4, 0.5) is 0 Å². The molecular weight excluding hydrogens is 148 g/mol. The Kier molecular flexibility index (Phi) is 8.51. The van der Waals surface area contributed by atoms with Gasteiger partial charge in [-0.05, 0) is 25.7 Å². The predicted octanol–water partition coefficient (Wildman–Crippen LogP) is 2.15. The number of hydrogen-bond donors (Lipinski definition) is 2. The lowest BCUT2D eigenvalue weighted by atomic mass is 10.2. The molecule has 0 aromatic carbocycles. The normalized spacial score (nSPS) is 11.7. The van der Waals surface area contributed by atoms with E-state index in [4.69, 9.17) is 11.5 Å². The smallest absolute Gasteiger partial charge is 0.0520 e. The van der Waals surface area contributed by atoms with E-state index in [1.807, 2.05) is 0 Å². The van der Waals surface area contributed by atoms with Gasteiger partial charge < -0.3 is 11.5 Å². The fraction of sp³-hybridized carbons (Fsp3) is 0.800. The molecule has 0 aliphatic carbocycles. The molecule has 0 aliphatic heterocycles. The SMILES string of the molecule is CCCC/C=C/CCCC(N)N. The second-order valence-electron chi connectivity index (χ2n) is 3.21. The van der Waals surface area contributed by atoms with Gasteiger partial charge in [0.05, 0.1) is 6.17 Å². The van der Waals surface area contributed by atoms with Gasteiger partial charge >= 0.3 is 0 Å². The number of nitrogens with two attached hydrogens (primary N) is 2. The summed E-state index contributed by atoms with van der Waals surface area (Å²) in [7, 11) is 0. The summed E-state index contributed by atoms with van der Waals surface area (Å²) < 4.78 is 0. The topological polar surface area (TPSA) is 52.0 Å². The molecule has 72 valence electrons. The van der Waals surface area contributed by atoms with E-state index in [1.54, 1.807) is 0 Å². The summed E-state index contributed by atoms with van der Waals surface area (Å²) in [6.45, 7) is 2.21. The molecule has 0 aromatic rings. The van der Waals surface area contributed by atoms with Gasteiger partial charge in [0.25, 0.3) is 0 Å². The Morgan fingerprint density at radius 2 is 1.67 bits per heavy atom. The Morgan fingerprint density at radius 3 is 2.17 bits per heavy atom. The van der Waals surface area contributed by atoms with Crippen molar-refractivity contribution >= 4 is 0 Å². The third-order valence-electron chi connectivity index (χ3n) is 1.80. The number of hydrogen-bond acceptors (Lipinski definition) is 2. The van der Waals surface area contributed by atoms with Crippen LogP contribution in [0.3, 0.4) is 0 Å². The Bertz CT molecular complexity index is 108. The van der Waals surface area contributed by atoms with E-state index in [0.717, 1.165) is 19.3 Å². The van der Waals surface area contributed by atoms with Crippen molar-refractivity contribution in [1.82, 2.24) is 0 Å². The molecule has 0 saturated carbocycles. The van der Waals surface area contributed by atoms with E-state index in [1.165, 1.54) is 19.3 Å². The van der Waals surface area contributed by atoms with Crippen molar-refractivity contribution in [3.63, 3.8) is 0 Å². The van der Waals surface area contributed by atoms with Crippen LogP contribution >= 0.6 is 0 Å². The molecule has 0 amide bonds. The zero-order valence-corrected chi connectivity index (χ0v) is 8.13. The Balaban J connectivity index is 3.03. The lowest BCUT2D eigenvalue weighted by Gasteiger charge is -2.01. The van der Waals surface area contributed by atoms with Crippen molar-refractivity contribution in [1.29, 1.82) is 0 Å². The first-order valence-corrected chi connectivity index (χ1v) is 4.93. The fourth-order valence-corrected chi connectivity index (χ4v) is 1.03. The maximum atomic E-state index is 5.41. The van der Waals surface area contributed by atoms with Gasteiger partial charge in [-0.15, -0.1) is 0 Å². The van der Waals surface area contributed by atoms with Crippen LogP contribution in [-0.2, 0) is 0 Å². The van der Waals surface area contributed by atoms with Crippen LogP contribution in [0.2, 0.25) is 0 Å². The second kappa shape index (κ2) is 8.75. The molecule has 2 nitrogen and oxygen atoms in total. The van der Waals surface area contributed by atoms with Crippen molar-refractivity contribution in [3.8, 4) is 0 Å². The lowest BCUT2D eigenvalue weighted by molar-refractivity contribution is 0.607. The molecule has 0 aliphatic rings. The summed E-state index contributed by atoms with van der Waals surface area (Å²) in [4.78, 5) is 0. The average Bonchev–Trinajstić information content (AvgIpc) is 2.02. The summed E-state index contributed by atoms with van der Waals surface area (Å²) in [6.07, 6.45) is 11.3. The Hall–Kier alpha value is -0.340. The molecule has 4 N–H and O–H groups in total. The third-order valence-corrected chi connectivity index (χ3v) is 1.80. The molecule has 0 atom stereocenters. The second-order valence-corrected chi connectivity index (χ2v) is 3.21. The van der Waals surface area contributed by atoms with Gasteiger partial charge in [-0.3, -0.25) is 0 Å². The third kappa shape index (κ3) is 9.66. The van der Waals surface area contributed by atoms with Gasteiger partial charge in [0.1, 0.15) is 0 Å². The molecule has 0 spiro atoms. The summed E-state index contributed by atoms with van der Waals surface area (Å²) >= 11 is 0. The van der Waals surface area contributed by atoms with Gasteiger partial charge in [0.15, 0.2) is 0 Å². The maximum Gasteiger partial charge on any atom is 0.0520 e. The minimum Gasteiger partial charge on any atom is -0.316 e. The fourth-order valence-electron chi connectivity index (χ4n) is 1.03. The summed E-state index contributed by atoms with van der Waals surface area (Å²) in [5.41, 5.74) is 10.8. The van der Waals surface area contributed by atoms with Crippen molar-refractivity contribution in [2.75, 3.05) is 0 Å². The zero-order chi connectivity index (χ0) is 9.23. The highest BCUT2D eigenvalue weighted by atomic mass is 14.8. The van der Waals surface area contributed by atoms with Crippen LogP contribution in [0.15, 0.2) is 12.2 Å². The molecule has 0 fully saturated rings. The lowest BCUT2D eigenvalue weighted by Crippen LogP contribution is -2.29. The van der Waals surface area contributed by atoms with E-state index >= 15 is 0 Å². The minimum atomic E-state index is -0.131. The highest BCUT2D eigenvalue weighted by Crippen LogP contribution is 2.00. The van der Waals surface area contributed by atoms with Crippen molar-refractivity contribution in [2.24, 2.45) is 11.5 Å². The van der Waals surface area contributed by atoms with E-state index in [0.29, 0.717) is 0 Å². The van der Waals surface area contributed by atoms with Crippen LogP contribution in [0.1, 0.15) is 45.4 Å². The van der Waals surface area contributed by atoms with Crippen molar-refractivity contribution in [2.45, 2.75) is 51.6 Å². The van der Waals surface area contributed by atoms with Gasteiger partial charge in [-0.25, -0.2) is 0 Å². The monoisotopic (exact) mass is 170 g/mol. The Morgan fingerprint density at radius 1 is 1.08 bits per heavy atom. The van der Waals surface area contributed by atoms with E-state index in [-0.39, 0.29) is 6.17 Å². The molecular formula is C10H22N2. The van der Waals surface area contributed by atoms with Crippen LogP contribution in [-0.4, -0.2) is 6.17 Å². The highest BCUT2D eigenvalue weighted by molar-refractivity contribution is 4.81. The van der Waals surface area contributed by atoms with Gasteiger partial charge in [0, 0.05) is 0 Å². The van der Waals surface area contributed by atoms with Crippen LogP contribution < -0.4 is 11.5 Å². The van der Waals surface area contributed by atoms with Crippen LogP contribution in [0.5, 0.6) is 0 Å². The Labute approximate surface area is 76.0 Å². The molecule has 12 heavy (non-hydrogen) atoms. The first kappa shape index (κ1) is 11.7. The first-order valence-electron chi connectivity index (χ1n) is 4.93. The van der Waals surface area contributed by atoms with Crippen LogP contribution in [0.25, 0.3) is 0 Å². The van der Waals surface area contributed by atoms with E-state index < -0.39 is 0 Å². The summed E-state index contributed by atoms with van der Waals surface area (Å²) in [6, 6.07) is 0. The number of rotatable bonds is 7. The number of unbranched alkanes of at least 4 members (excludes halogenated alkanes) is 3. The largest absolute Gasteiger partial charge is 0.316 e. The standard InChI is InChI=1S/C10H22N2/c1-2-3-4-5-6-7-8-9-10(11)12/h5-6,10H,2-4,7-9,11-12H2,1H3/b6-5+. The minimum absolute atomic E-state index is 0.131. The zero-order valence-electron chi connectivity index (χ0n) is 8.13. The van der Waals surface area contributed by atoms with Gasteiger partial charge in [0.2, 0.25) is 0 Å². The molecule has 0 heterocycles. The molecule has 0 saturated heterocycles. The van der Waals surface area contributed by atoms with E-state index in [2.05, 4.69) is 19.1 Å². The quantitative estimate of drug-likeness (QED) is 0.349. The molecule has 0 rings (SSSR count). The highest BCUT2D eigenvalue weighted by Gasteiger charge is 1.90. The first-order chi connectivity index (χ1) is 5.77. The van der Waals surface area contributed by atoms with Gasteiger partial charge in [-0.2, -0.15) is 0 Å². The maximum absolute atomic E-state index is 5.41. The molecule has 0 aromatic heterocycles. The molecule has 0 radical (unpaired) electrons. The van der Waals surface area contributed by atoms with Crippen molar-refractivity contribution < 1.29 is 0 Å². The number of allylic oxidation sites excluding steroid dienone is 2. The molecule has 0 unspecified atom stereocenters. The van der Waals surface area contributed by atoms with Crippen molar-refractivity contribution in [3.05, 3.63) is 12.2 Å². The summed E-state index contributed by atoms with van der Waals surface area (Å²) in [5.74, 6) is 0. The molecule has 2 heteroatoms.